The van der Waals surface area contributed by atoms with Crippen LogP contribution in [0.15, 0.2) is 0 Å². The third-order valence-electron chi connectivity index (χ3n) is 4.92. The van der Waals surface area contributed by atoms with E-state index in [-0.39, 0.29) is 29.8 Å². The van der Waals surface area contributed by atoms with E-state index < -0.39 is 44.4 Å². The maximum absolute atomic E-state index is 11.9. The van der Waals surface area contributed by atoms with E-state index in [1.54, 1.807) is 11.8 Å². The molecule has 3 heterocycles. The number of urea groups is 1. The summed E-state index contributed by atoms with van der Waals surface area (Å²) in [6.07, 6.45) is 0.491. The Balaban J connectivity index is 1.45. The molecule has 3 aliphatic heterocycles. The van der Waals surface area contributed by atoms with Crippen LogP contribution < -0.4 is 10.6 Å². The monoisotopic (exact) mass is 438 g/mol. The predicted molar refractivity (Wildman–Crippen MR) is 92.1 cm³/mol. The summed E-state index contributed by atoms with van der Waals surface area (Å²) < 4.78 is 31.1. The second-order valence-electron chi connectivity index (χ2n) is 6.85. The molecule has 0 aromatic heterocycles. The van der Waals surface area contributed by atoms with Gasteiger partial charge in [0.25, 0.3) is 10.1 Å². The molecule has 12 nitrogen and oxygen atoms in total. The van der Waals surface area contributed by atoms with E-state index >= 15 is 0 Å². The molecule has 28 heavy (non-hydrogen) atoms. The average molecular weight is 438 g/mol. The van der Waals surface area contributed by atoms with Gasteiger partial charge in [-0.15, -0.1) is 0 Å². The number of imide groups is 1. The van der Waals surface area contributed by atoms with Crippen LogP contribution >= 0.6 is 11.8 Å². The number of nitrogens with zero attached hydrogens (tertiary/aromatic N) is 1. The Morgan fingerprint density at radius 2 is 1.96 bits per heavy atom. The highest BCUT2D eigenvalue weighted by Gasteiger charge is 2.65. The molecule has 14 heteroatoms. The number of nitrogens with one attached hydrogen (secondary N) is 2. The Hall–Kier alpha value is -1.74. The Morgan fingerprint density at radius 3 is 2.61 bits per heavy atom. The highest BCUT2D eigenvalue weighted by atomic mass is 32.2. The first-order valence-electron chi connectivity index (χ1n) is 8.59. The molecule has 0 spiro atoms. The van der Waals surface area contributed by atoms with E-state index in [9.17, 15) is 32.8 Å². The van der Waals surface area contributed by atoms with Gasteiger partial charge in [0.05, 0.1) is 18.5 Å². The lowest BCUT2D eigenvalue weighted by Crippen LogP contribution is -2.52. The lowest BCUT2D eigenvalue weighted by molar-refractivity contribution is -1.12. The summed E-state index contributed by atoms with van der Waals surface area (Å²) in [6, 6.07) is -0.0638. The summed E-state index contributed by atoms with van der Waals surface area (Å²) in [5.74, 6) is -3.22. The summed E-state index contributed by atoms with van der Waals surface area (Å²) in [5.41, 5.74) is 0. The average Bonchev–Trinajstić information content (AvgIpc) is 3.19. The van der Waals surface area contributed by atoms with Crippen molar-refractivity contribution in [1.29, 1.82) is 0 Å². The third-order valence-corrected chi connectivity index (χ3v) is 7.52. The fourth-order valence-electron chi connectivity index (χ4n) is 3.47. The number of amides is 4. The fraction of sp³-hybridized carbons (Fsp3) is 0.714. The van der Waals surface area contributed by atoms with Gasteiger partial charge < -0.3 is 10.6 Å². The van der Waals surface area contributed by atoms with Gasteiger partial charge >= 0.3 is 23.8 Å². The van der Waals surface area contributed by atoms with Gasteiger partial charge in [0.1, 0.15) is 11.2 Å². The Bertz CT molecular complexity index is 817. The van der Waals surface area contributed by atoms with Crippen molar-refractivity contribution in [2.75, 3.05) is 5.75 Å². The molecule has 3 rings (SSSR count). The summed E-state index contributed by atoms with van der Waals surface area (Å²) in [5, 5.41) is 13.7. The molecule has 2 unspecified atom stereocenters. The third kappa shape index (κ3) is 4.00. The molecule has 0 radical (unpaired) electrons. The number of hydrogen-bond donors (Lipinski definition) is 4. The number of carbonyl (C=O) groups is 4. The molecule has 3 fully saturated rings. The normalized spacial score (nSPS) is 34.9. The van der Waals surface area contributed by atoms with Crippen LogP contribution in [0.25, 0.3) is 0 Å². The second-order valence-corrected chi connectivity index (χ2v) is 9.72. The molecule has 4 N–H and O–H groups in total. The van der Waals surface area contributed by atoms with E-state index in [4.69, 9.17) is 4.55 Å². The number of hydroxylamine groups is 4. The number of unbranched alkanes of at least 4 members (excludes halogenated alkanes) is 1. The second kappa shape index (κ2) is 7.59. The molecule has 0 aliphatic carbocycles. The standard InChI is InChI=1S/C14H19N3O9S2/c18-10-5-9(28(23,24)25)13(20)17(10,22)26-11(19)4-2-1-3-8-12-7(6-27-8)15-14(21)16-12/h7-9,12,22H,1-6H2,(H2-,15,16,21,23,24,25)/p+1/t7-,8-,9?,12-,17?/m0/s1. The summed E-state index contributed by atoms with van der Waals surface area (Å²) in [4.78, 5) is 49.0. The van der Waals surface area contributed by atoms with Crippen LogP contribution in [0.2, 0.25) is 0 Å². The minimum Gasteiger partial charge on any atom is -0.332 e. The van der Waals surface area contributed by atoms with Crippen molar-refractivity contribution >= 4 is 45.7 Å². The topological polar surface area (TPSA) is 176 Å². The van der Waals surface area contributed by atoms with Crippen molar-refractivity contribution in [3.05, 3.63) is 0 Å². The van der Waals surface area contributed by atoms with Crippen LogP contribution in [0.5, 0.6) is 0 Å². The van der Waals surface area contributed by atoms with E-state index in [1.807, 2.05) is 0 Å². The molecule has 156 valence electrons. The Labute approximate surface area is 164 Å². The van der Waals surface area contributed by atoms with E-state index in [1.165, 1.54) is 0 Å². The van der Waals surface area contributed by atoms with Gasteiger partial charge in [-0.2, -0.15) is 25.4 Å². The number of rotatable bonds is 7. The van der Waals surface area contributed by atoms with E-state index in [2.05, 4.69) is 15.5 Å². The SMILES string of the molecule is O=C1N[C@H]2[C@H](CS[C@H]2CCCCC(=O)O[N+]2(O)C(=O)CC(S(=O)(=O)O)C2=O)N1. The van der Waals surface area contributed by atoms with E-state index in [0.717, 1.165) is 12.2 Å². The van der Waals surface area contributed by atoms with Gasteiger partial charge in [-0.25, -0.2) is 24.0 Å². The van der Waals surface area contributed by atoms with Crippen LogP contribution in [0, 0.1) is 0 Å². The molecule has 4 amide bonds. The van der Waals surface area contributed by atoms with Crippen molar-refractivity contribution < 1.29 is 47.0 Å². The molecule has 3 saturated heterocycles. The Morgan fingerprint density at radius 1 is 1.25 bits per heavy atom. The lowest BCUT2D eigenvalue weighted by atomic mass is 10.0. The molecule has 5 atom stereocenters. The quantitative estimate of drug-likeness (QED) is 0.0972. The fourth-order valence-corrected chi connectivity index (χ4v) is 5.76. The lowest BCUT2D eigenvalue weighted by Gasteiger charge is -2.17. The minimum atomic E-state index is -4.91. The highest BCUT2D eigenvalue weighted by Crippen LogP contribution is 2.33. The number of quaternary nitrogens is 1. The maximum atomic E-state index is 11.9. The molecule has 0 saturated carbocycles. The molecular formula is C14H20N3O9S2+. The Kier molecular flexibility index (Phi) is 5.69. The van der Waals surface area contributed by atoms with E-state index in [0.29, 0.717) is 12.8 Å². The van der Waals surface area contributed by atoms with Gasteiger partial charge in [0, 0.05) is 11.0 Å². The van der Waals surface area contributed by atoms with Crippen LogP contribution in [-0.2, 0) is 29.3 Å². The first-order chi connectivity index (χ1) is 13.0. The molecule has 3 aliphatic rings. The number of hydrogen-bond acceptors (Lipinski definition) is 9. The van der Waals surface area contributed by atoms with Crippen molar-refractivity contribution in [2.24, 2.45) is 0 Å². The zero-order valence-electron chi connectivity index (χ0n) is 14.6. The first-order valence-corrected chi connectivity index (χ1v) is 11.1. The molecule has 0 aromatic rings. The van der Waals surface area contributed by atoms with Crippen molar-refractivity contribution in [1.82, 2.24) is 10.6 Å². The maximum Gasteiger partial charge on any atom is 0.417 e. The van der Waals surface area contributed by atoms with Crippen LogP contribution in [0.1, 0.15) is 32.1 Å². The van der Waals surface area contributed by atoms with Gasteiger partial charge in [-0.1, -0.05) is 6.42 Å². The smallest absolute Gasteiger partial charge is 0.332 e. The summed E-state index contributed by atoms with van der Waals surface area (Å²) in [6.45, 7) is 0. The molecular weight excluding hydrogens is 418 g/mol. The number of carbonyl (C=O) groups excluding carboxylic acids is 4. The minimum absolute atomic E-state index is 0.0351. The van der Waals surface area contributed by atoms with Crippen molar-refractivity contribution in [3.63, 3.8) is 0 Å². The summed E-state index contributed by atoms with van der Waals surface area (Å²) in [7, 11) is -4.91. The molecule has 0 aromatic carbocycles. The zero-order valence-corrected chi connectivity index (χ0v) is 16.2. The van der Waals surface area contributed by atoms with Crippen LogP contribution in [0.4, 0.5) is 4.79 Å². The molecule has 0 bridgehead atoms. The largest absolute Gasteiger partial charge is 0.417 e. The van der Waals surface area contributed by atoms with Gasteiger partial charge in [-0.05, 0) is 12.8 Å². The summed E-state index contributed by atoms with van der Waals surface area (Å²) >= 11 is 1.72. The predicted octanol–water partition coefficient (Wildman–Crippen LogP) is -0.910. The van der Waals surface area contributed by atoms with Gasteiger partial charge in [0.2, 0.25) is 5.25 Å². The van der Waals surface area contributed by atoms with Crippen LogP contribution in [-0.4, -0.2) is 75.1 Å². The first kappa shape index (κ1) is 21.0. The van der Waals surface area contributed by atoms with Gasteiger partial charge in [-0.3, -0.25) is 4.55 Å². The van der Waals surface area contributed by atoms with Crippen molar-refractivity contribution in [3.8, 4) is 0 Å². The van der Waals surface area contributed by atoms with Gasteiger partial charge in [0.15, 0.2) is 0 Å². The van der Waals surface area contributed by atoms with Crippen LogP contribution in [0.3, 0.4) is 0 Å². The number of fused-ring (bicyclic) bond motifs is 1. The number of thioether (sulfide) groups is 1. The highest BCUT2D eigenvalue weighted by molar-refractivity contribution is 8.00. The zero-order chi connectivity index (χ0) is 20.7. The van der Waals surface area contributed by atoms with Crippen molar-refractivity contribution in [2.45, 2.75) is 54.7 Å².